The maximum atomic E-state index is 5.56. The van der Waals surface area contributed by atoms with Crippen LogP contribution in [0.15, 0.2) is 42.0 Å². The zero-order valence-electron chi connectivity index (χ0n) is 7.16. The molecule has 0 spiro atoms. The van der Waals surface area contributed by atoms with Crippen molar-refractivity contribution >= 4 is 0 Å². The molecule has 1 atom stereocenters. The molecule has 0 aromatic heterocycles. The SMILES string of the molecule is CC1=CCO[C@H]1c1ccccc1. The molecule has 0 aliphatic carbocycles. The Bertz CT molecular complexity index is 287. The van der Waals surface area contributed by atoms with Crippen LogP contribution in [-0.2, 0) is 4.74 Å². The summed E-state index contributed by atoms with van der Waals surface area (Å²) in [7, 11) is 0. The van der Waals surface area contributed by atoms with Gasteiger partial charge < -0.3 is 4.74 Å². The molecule has 1 aliphatic rings. The molecule has 62 valence electrons. The van der Waals surface area contributed by atoms with E-state index in [2.05, 4.69) is 25.1 Å². The van der Waals surface area contributed by atoms with E-state index in [1.807, 2.05) is 18.2 Å². The first-order valence-corrected chi connectivity index (χ1v) is 4.21. The number of benzene rings is 1. The molecule has 1 heteroatoms. The summed E-state index contributed by atoms with van der Waals surface area (Å²) in [6, 6.07) is 10.3. The van der Waals surface area contributed by atoms with Crippen molar-refractivity contribution in [2.24, 2.45) is 0 Å². The quantitative estimate of drug-likeness (QED) is 0.574. The second-order valence-corrected chi connectivity index (χ2v) is 3.07. The Hall–Kier alpha value is -1.08. The molecule has 0 bridgehead atoms. The van der Waals surface area contributed by atoms with Crippen LogP contribution in [0, 0.1) is 0 Å². The summed E-state index contributed by atoms with van der Waals surface area (Å²) >= 11 is 0. The van der Waals surface area contributed by atoms with Gasteiger partial charge in [0.1, 0.15) is 6.10 Å². The second kappa shape index (κ2) is 3.11. The van der Waals surface area contributed by atoms with Crippen molar-refractivity contribution < 1.29 is 4.74 Å². The Morgan fingerprint density at radius 2 is 2.00 bits per heavy atom. The van der Waals surface area contributed by atoms with Gasteiger partial charge in [-0.2, -0.15) is 0 Å². The van der Waals surface area contributed by atoms with E-state index in [-0.39, 0.29) is 6.10 Å². The molecule has 0 saturated carbocycles. The molecule has 1 aromatic rings. The first-order valence-electron chi connectivity index (χ1n) is 4.21. The molecule has 1 aromatic carbocycles. The van der Waals surface area contributed by atoms with Crippen molar-refractivity contribution in [3.63, 3.8) is 0 Å². The summed E-state index contributed by atoms with van der Waals surface area (Å²) in [4.78, 5) is 0. The summed E-state index contributed by atoms with van der Waals surface area (Å²) in [5, 5.41) is 0. The summed E-state index contributed by atoms with van der Waals surface area (Å²) in [6.07, 6.45) is 2.34. The summed E-state index contributed by atoms with van der Waals surface area (Å²) in [5.74, 6) is 0. The van der Waals surface area contributed by atoms with E-state index in [1.165, 1.54) is 11.1 Å². The van der Waals surface area contributed by atoms with E-state index in [1.54, 1.807) is 0 Å². The molecule has 1 aliphatic heterocycles. The minimum atomic E-state index is 0.200. The zero-order chi connectivity index (χ0) is 8.39. The highest BCUT2D eigenvalue weighted by Gasteiger charge is 2.17. The molecule has 0 unspecified atom stereocenters. The normalized spacial score (nSPS) is 22.4. The van der Waals surface area contributed by atoms with Crippen molar-refractivity contribution in [2.45, 2.75) is 13.0 Å². The average Bonchev–Trinajstić information content (AvgIpc) is 2.53. The van der Waals surface area contributed by atoms with Crippen molar-refractivity contribution in [1.29, 1.82) is 0 Å². The van der Waals surface area contributed by atoms with E-state index < -0.39 is 0 Å². The number of hydrogen-bond donors (Lipinski definition) is 0. The van der Waals surface area contributed by atoms with Gasteiger partial charge in [0.05, 0.1) is 6.61 Å². The first-order chi connectivity index (χ1) is 5.88. The maximum Gasteiger partial charge on any atom is 0.104 e. The molecule has 0 N–H and O–H groups in total. The molecular weight excluding hydrogens is 148 g/mol. The molecule has 12 heavy (non-hydrogen) atoms. The smallest absolute Gasteiger partial charge is 0.104 e. The van der Waals surface area contributed by atoms with Gasteiger partial charge >= 0.3 is 0 Å². The van der Waals surface area contributed by atoms with E-state index in [9.17, 15) is 0 Å². The predicted molar refractivity (Wildman–Crippen MR) is 48.9 cm³/mol. The summed E-state index contributed by atoms with van der Waals surface area (Å²) in [6.45, 7) is 2.87. The fourth-order valence-electron chi connectivity index (χ4n) is 1.50. The van der Waals surface area contributed by atoms with Crippen LogP contribution in [0.3, 0.4) is 0 Å². The summed E-state index contributed by atoms with van der Waals surface area (Å²) < 4.78 is 5.56. The van der Waals surface area contributed by atoms with Crippen molar-refractivity contribution in [3.8, 4) is 0 Å². The molecule has 0 saturated heterocycles. The van der Waals surface area contributed by atoms with Gasteiger partial charge in [-0.15, -0.1) is 0 Å². The molecular formula is C11H12O. The largest absolute Gasteiger partial charge is 0.365 e. The van der Waals surface area contributed by atoms with Gasteiger partial charge in [0, 0.05) is 0 Å². The Morgan fingerprint density at radius 1 is 1.25 bits per heavy atom. The Labute approximate surface area is 72.7 Å². The van der Waals surface area contributed by atoms with E-state index in [0.717, 1.165) is 6.61 Å². The van der Waals surface area contributed by atoms with Crippen molar-refractivity contribution in [3.05, 3.63) is 47.5 Å². The van der Waals surface area contributed by atoms with Crippen LogP contribution in [0.5, 0.6) is 0 Å². The third-order valence-electron chi connectivity index (χ3n) is 2.18. The lowest BCUT2D eigenvalue weighted by Crippen LogP contribution is -1.98. The Balaban J connectivity index is 2.27. The van der Waals surface area contributed by atoms with Crippen molar-refractivity contribution in [2.75, 3.05) is 6.61 Å². The number of rotatable bonds is 1. The van der Waals surface area contributed by atoms with Gasteiger partial charge in [0.25, 0.3) is 0 Å². The minimum absolute atomic E-state index is 0.200. The van der Waals surface area contributed by atoms with Crippen LogP contribution in [-0.4, -0.2) is 6.61 Å². The van der Waals surface area contributed by atoms with Gasteiger partial charge in [-0.1, -0.05) is 36.4 Å². The highest BCUT2D eigenvalue weighted by molar-refractivity contribution is 5.27. The lowest BCUT2D eigenvalue weighted by Gasteiger charge is -2.11. The van der Waals surface area contributed by atoms with E-state index in [0.29, 0.717) is 0 Å². The standard InChI is InChI=1S/C11H12O/c1-9-7-8-12-11(9)10-5-3-2-4-6-10/h2-7,11H,8H2,1H3/t11-/m1/s1. The minimum Gasteiger partial charge on any atom is -0.365 e. The fraction of sp³-hybridized carbons (Fsp3) is 0.273. The molecule has 1 nitrogen and oxygen atoms in total. The average molecular weight is 160 g/mol. The lowest BCUT2D eigenvalue weighted by atomic mass is 10.0. The van der Waals surface area contributed by atoms with E-state index in [4.69, 9.17) is 4.74 Å². The Morgan fingerprint density at radius 3 is 2.58 bits per heavy atom. The monoisotopic (exact) mass is 160 g/mol. The maximum absolute atomic E-state index is 5.56. The first kappa shape index (κ1) is 7.56. The highest BCUT2D eigenvalue weighted by atomic mass is 16.5. The van der Waals surface area contributed by atoms with Crippen LogP contribution in [0.25, 0.3) is 0 Å². The van der Waals surface area contributed by atoms with Crippen molar-refractivity contribution in [1.82, 2.24) is 0 Å². The van der Waals surface area contributed by atoms with Gasteiger partial charge in [-0.3, -0.25) is 0 Å². The molecule has 0 fully saturated rings. The van der Waals surface area contributed by atoms with Gasteiger partial charge in [-0.05, 0) is 18.1 Å². The topological polar surface area (TPSA) is 9.23 Å². The lowest BCUT2D eigenvalue weighted by molar-refractivity contribution is 0.123. The van der Waals surface area contributed by atoms with Crippen LogP contribution >= 0.6 is 0 Å². The molecule has 0 radical (unpaired) electrons. The zero-order valence-corrected chi connectivity index (χ0v) is 7.16. The van der Waals surface area contributed by atoms with Gasteiger partial charge in [-0.25, -0.2) is 0 Å². The van der Waals surface area contributed by atoms with E-state index >= 15 is 0 Å². The number of ether oxygens (including phenoxy) is 1. The third kappa shape index (κ3) is 1.28. The van der Waals surface area contributed by atoms with Crippen LogP contribution < -0.4 is 0 Å². The third-order valence-corrected chi connectivity index (χ3v) is 2.18. The highest BCUT2D eigenvalue weighted by Crippen LogP contribution is 2.29. The second-order valence-electron chi connectivity index (χ2n) is 3.07. The molecule has 1 heterocycles. The summed E-state index contributed by atoms with van der Waals surface area (Å²) in [5.41, 5.74) is 2.57. The number of hydrogen-bond acceptors (Lipinski definition) is 1. The van der Waals surface area contributed by atoms with Crippen LogP contribution in [0.2, 0.25) is 0 Å². The fourth-order valence-corrected chi connectivity index (χ4v) is 1.50. The van der Waals surface area contributed by atoms with Gasteiger partial charge in [0.2, 0.25) is 0 Å². The van der Waals surface area contributed by atoms with Crippen LogP contribution in [0.4, 0.5) is 0 Å². The predicted octanol–water partition coefficient (Wildman–Crippen LogP) is 2.70. The molecule has 0 amide bonds. The van der Waals surface area contributed by atoms with Crippen LogP contribution in [0.1, 0.15) is 18.6 Å². The van der Waals surface area contributed by atoms with Gasteiger partial charge in [0.15, 0.2) is 0 Å². The molecule has 2 rings (SSSR count). The Kier molecular flexibility index (Phi) is 1.96.